The van der Waals surface area contributed by atoms with Gasteiger partial charge in [0, 0.05) is 18.5 Å². The van der Waals surface area contributed by atoms with E-state index in [2.05, 4.69) is 4.72 Å². The zero-order valence-electron chi connectivity index (χ0n) is 11.4. The van der Waals surface area contributed by atoms with Crippen molar-refractivity contribution in [3.63, 3.8) is 0 Å². The van der Waals surface area contributed by atoms with Crippen LogP contribution in [-0.2, 0) is 10.0 Å². The van der Waals surface area contributed by atoms with Gasteiger partial charge in [0.25, 0.3) is 0 Å². The lowest BCUT2D eigenvalue weighted by Gasteiger charge is -2.24. The van der Waals surface area contributed by atoms with E-state index in [-0.39, 0.29) is 12.0 Å². The summed E-state index contributed by atoms with van der Waals surface area (Å²) in [5, 5.41) is 0. The minimum atomic E-state index is -3.99. The Balaban J connectivity index is 2.80. The quantitative estimate of drug-likeness (QED) is 0.782. The van der Waals surface area contributed by atoms with Crippen LogP contribution in [0, 0.1) is 17.0 Å². The van der Waals surface area contributed by atoms with Gasteiger partial charge in [0.2, 0.25) is 10.0 Å². The van der Waals surface area contributed by atoms with Crippen molar-refractivity contribution in [3.8, 4) is 0 Å². The number of hydrogen-bond donors (Lipinski definition) is 1. The van der Waals surface area contributed by atoms with Crippen LogP contribution in [0.4, 0.5) is 8.78 Å². The molecule has 0 saturated carbocycles. The number of rotatable bonds is 7. The van der Waals surface area contributed by atoms with Gasteiger partial charge in [-0.25, -0.2) is 21.9 Å². The summed E-state index contributed by atoms with van der Waals surface area (Å²) in [6.45, 7) is 3.94. The fourth-order valence-electron chi connectivity index (χ4n) is 1.70. The van der Waals surface area contributed by atoms with Gasteiger partial charge in [0.1, 0.15) is 16.5 Å². The third kappa shape index (κ3) is 5.00. The topological polar surface area (TPSA) is 46.2 Å². The highest BCUT2D eigenvalue weighted by Gasteiger charge is 2.24. The molecule has 20 heavy (non-hydrogen) atoms. The van der Waals surface area contributed by atoms with Crippen molar-refractivity contribution in [2.24, 2.45) is 5.41 Å². The molecular formula is C13H18ClF2NO2S. The van der Waals surface area contributed by atoms with E-state index in [0.29, 0.717) is 11.9 Å². The Morgan fingerprint density at radius 2 is 1.95 bits per heavy atom. The van der Waals surface area contributed by atoms with E-state index in [9.17, 15) is 17.2 Å². The Bertz CT molecular complexity index is 561. The van der Waals surface area contributed by atoms with Crippen LogP contribution >= 0.6 is 11.6 Å². The molecule has 0 fully saturated rings. The van der Waals surface area contributed by atoms with Crippen molar-refractivity contribution in [1.82, 2.24) is 4.72 Å². The van der Waals surface area contributed by atoms with E-state index < -0.39 is 26.6 Å². The van der Waals surface area contributed by atoms with Gasteiger partial charge < -0.3 is 0 Å². The molecule has 0 unspecified atom stereocenters. The molecule has 3 nitrogen and oxygen atoms in total. The molecule has 7 heteroatoms. The first-order chi connectivity index (χ1) is 9.18. The molecule has 1 N–H and O–H groups in total. The van der Waals surface area contributed by atoms with E-state index >= 15 is 0 Å². The van der Waals surface area contributed by atoms with Gasteiger partial charge in [-0.1, -0.05) is 13.8 Å². The van der Waals surface area contributed by atoms with Crippen molar-refractivity contribution in [3.05, 3.63) is 29.8 Å². The molecule has 0 radical (unpaired) electrons. The van der Waals surface area contributed by atoms with E-state index in [4.69, 9.17) is 11.6 Å². The summed E-state index contributed by atoms with van der Waals surface area (Å²) in [5.41, 5.74) is -0.293. The summed E-state index contributed by atoms with van der Waals surface area (Å²) in [6.07, 6.45) is 1.51. The minimum Gasteiger partial charge on any atom is -0.211 e. The molecule has 1 aromatic carbocycles. The summed E-state index contributed by atoms with van der Waals surface area (Å²) in [4.78, 5) is -0.549. The van der Waals surface area contributed by atoms with Crippen molar-refractivity contribution in [2.45, 2.75) is 31.6 Å². The number of hydrogen-bond acceptors (Lipinski definition) is 2. The second-order valence-electron chi connectivity index (χ2n) is 5.36. The first-order valence-corrected chi connectivity index (χ1v) is 8.20. The van der Waals surface area contributed by atoms with Crippen LogP contribution in [0.15, 0.2) is 23.1 Å². The second-order valence-corrected chi connectivity index (χ2v) is 7.47. The number of halogens is 3. The normalized spacial score (nSPS) is 12.7. The molecule has 0 heterocycles. The van der Waals surface area contributed by atoms with E-state index in [1.165, 1.54) is 0 Å². The summed E-state index contributed by atoms with van der Waals surface area (Å²) in [6, 6.07) is 2.38. The molecule has 1 aromatic rings. The highest BCUT2D eigenvalue weighted by atomic mass is 35.5. The summed E-state index contributed by atoms with van der Waals surface area (Å²) in [7, 11) is -3.99. The van der Waals surface area contributed by atoms with Gasteiger partial charge >= 0.3 is 0 Å². The molecular weight excluding hydrogens is 308 g/mol. The van der Waals surface area contributed by atoms with Gasteiger partial charge in [0.05, 0.1) is 0 Å². The maximum absolute atomic E-state index is 13.5. The van der Waals surface area contributed by atoms with Crippen LogP contribution in [0.5, 0.6) is 0 Å². The zero-order valence-corrected chi connectivity index (χ0v) is 13.0. The fourth-order valence-corrected chi connectivity index (χ4v) is 3.13. The molecule has 0 amide bonds. The monoisotopic (exact) mass is 325 g/mol. The lowest BCUT2D eigenvalue weighted by molar-refractivity contribution is 0.331. The Labute approximate surface area is 123 Å². The maximum Gasteiger partial charge on any atom is 0.243 e. The molecule has 0 aliphatic carbocycles. The standard InChI is InChI=1S/C13H18ClF2NO2S/c1-13(2,6-3-7-14)9-17-20(18,19)12-5-4-10(15)8-11(12)16/h4-5,8,17H,3,6-7,9H2,1-2H3. The van der Waals surface area contributed by atoms with Crippen LogP contribution in [-0.4, -0.2) is 20.8 Å². The lowest BCUT2D eigenvalue weighted by Crippen LogP contribution is -2.34. The molecule has 0 aliphatic rings. The van der Waals surface area contributed by atoms with Crippen LogP contribution in [0.3, 0.4) is 0 Å². The third-order valence-electron chi connectivity index (χ3n) is 2.91. The summed E-state index contributed by atoms with van der Waals surface area (Å²) < 4.78 is 52.6. The van der Waals surface area contributed by atoms with Crippen molar-refractivity contribution in [2.75, 3.05) is 12.4 Å². The smallest absolute Gasteiger partial charge is 0.211 e. The van der Waals surface area contributed by atoms with E-state index in [1.807, 2.05) is 13.8 Å². The first kappa shape index (κ1) is 17.3. The number of nitrogens with one attached hydrogen (secondary N) is 1. The average molecular weight is 326 g/mol. The molecule has 0 saturated heterocycles. The van der Waals surface area contributed by atoms with Crippen LogP contribution in [0.25, 0.3) is 0 Å². The van der Waals surface area contributed by atoms with E-state index in [1.54, 1.807) is 0 Å². The maximum atomic E-state index is 13.5. The predicted octanol–water partition coefficient (Wildman–Crippen LogP) is 3.29. The lowest BCUT2D eigenvalue weighted by atomic mass is 9.88. The van der Waals surface area contributed by atoms with Crippen molar-refractivity contribution >= 4 is 21.6 Å². The van der Waals surface area contributed by atoms with Crippen LogP contribution < -0.4 is 4.72 Å². The average Bonchev–Trinajstić information content (AvgIpc) is 2.34. The highest BCUT2D eigenvalue weighted by Crippen LogP contribution is 2.23. The fraction of sp³-hybridized carbons (Fsp3) is 0.538. The first-order valence-electron chi connectivity index (χ1n) is 6.19. The van der Waals surface area contributed by atoms with Crippen molar-refractivity contribution in [1.29, 1.82) is 0 Å². The third-order valence-corrected chi connectivity index (χ3v) is 4.61. The molecule has 0 spiro atoms. The number of alkyl halides is 1. The van der Waals surface area contributed by atoms with Gasteiger partial charge in [-0.2, -0.15) is 0 Å². The number of benzene rings is 1. The SMILES string of the molecule is CC(C)(CCCCl)CNS(=O)(=O)c1ccc(F)cc1F. The molecule has 0 bridgehead atoms. The van der Waals surface area contributed by atoms with E-state index in [0.717, 1.165) is 25.0 Å². The highest BCUT2D eigenvalue weighted by molar-refractivity contribution is 7.89. The molecule has 0 atom stereocenters. The largest absolute Gasteiger partial charge is 0.243 e. The summed E-state index contributed by atoms with van der Waals surface area (Å²) in [5.74, 6) is -1.41. The molecule has 0 aromatic heterocycles. The molecule has 114 valence electrons. The second kappa shape index (κ2) is 6.83. The van der Waals surface area contributed by atoms with Gasteiger partial charge in [-0.15, -0.1) is 11.6 Å². The Kier molecular flexibility index (Phi) is 5.91. The molecule has 1 rings (SSSR count). The van der Waals surface area contributed by atoms with Crippen LogP contribution in [0.1, 0.15) is 26.7 Å². The minimum absolute atomic E-state index is 0.156. The summed E-state index contributed by atoms with van der Waals surface area (Å²) >= 11 is 5.61. The van der Waals surface area contributed by atoms with Gasteiger partial charge in [-0.3, -0.25) is 0 Å². The Morgan fingerprint density at radius 3 is 2.50 bits per heavy atom. The number of sulfonamides is 1. The Hall–Kier alpha value is -0.720. The van der Waals surface area contributed by atoms with Crippen LogP contribution in [0.2, 0.25) is 0 Å². The van der Waals surface area contributed by atoms with Gasteiger partial charge in [-0.05, 0) is 30.4 Å². The van der Waals surface area contributed by atoms with Crippen molar-refractivity contribution < 1.29 is 17.2 Å². The zero-order chi connectivity index (χ0) is 15.4. The predicted molar refractivity (Wildman–Crippen MR) is 75.3 cm³/mol. The van der Waals surface area contributed by atoms with Gasteiger partial charge in [0.15, 0.2) is 0 Å². The Morgan fingerprint density at radius 1 is 1.30 bits per heavy atom. The molecule has 0 aliphatic heterocycles.